The molecule has 1 saturated heterocycles. The molecule has 112 valence electrons. The van der Waals surface area contributed by atoms with E-state index in [0.29, 0.717) is 33.5 Å². The smallest absolute Gasteiger partial charge is 0.224 e. The van der Waals surface area contributed by atoms with Gasteiger partial charge in [-0.3, -0.25) is 4.79 Å². The highest BCUT2D eigenvalue weighted by Gasteiger charge is 2.19. The van der Waals surface area contributed by atoms with Crippen LogP contribution in [0.5, 0.6) is 0 Å². The highest BCUT2D eigenvalue weighted by molar-refractivity contribution is 14.1. The van der Waals surface area contributed by atoms with Crippen LogP contribution in [-0.2, 0) is 11.3 Å². The summed E-state index contributed by atoms with van der Waals surface area (Å²) in [7, 11) is 0. The number of fused-ring (bicyclic) bond motifs is 1. The zero-order chi connectivity index (χ0) is 15.0. The number of benzene rings is 1. The van der Waals surface area contributed by atoms with E-state index in [9.17, 15) is 9.18 Å². The Hall–Kier alpha value is -1.38. The van der Waals surface area contributed by atoms with Gasteiger partial charge in [-0.05, 0) is 41.5 Å². The van der Waals surface area contributed by atoms with Gasteiger partial charge in [0.05, 0.1) is 14.6 Å². The summed E-state index contributed by atoms with van der Waals surface area (Å²) in [6.07, 6.45) is 2.51. The topological polar surface area (TPSA) is 64.1 Å². The SMILES string of the molecule is Nc1nc2cc(I)c(F)cc2n1CCC(=O)N1CCCC1. The summed E-state index contributed by atoms with van der Waals surface area (Å²) in [5, 5.41) is 0. The molecule has 1 aromatic heterocycles. The third kappa shape index (κ3) is 2.83. The van der Waals surface area contributed by atoms with Crippen molar-refractivity contribution >= 4 is 45.5 Å². The number of imidazole rings is 1. The van der Waals surface area contributed by atoms with Crippen molar-refractivity contribution < 1.29 is 9.18 Å². The first-order chi connectivity index (χ1) is 10.1. The first-order valence-electron chi connectivity index (χ1n) is 6.95. The Balaban J connectivity index is 1.81. The Labute approximate surface area is 135 Å². The molecule has 0 saturated carbocycles. The van der Waals surface area contributed by atoms with Crippen LogP contribution < -0.4 is 5.73 Å². The molecule has 21 heavy (non-hydrogen) atoms. The number of nitrogen functional groups attached to an aromatic ring is 1. The molecule has 1 aliphatic rings. The van der Waals surface area contributed by atoms with Crippen molar-refractivity contribution in [1.82, 2.24) is 14.5 Å². The van der Waals surface area contributed by atoms with E-state index in [4.69, 9.17) is 5.73 Å². The van der Waals surface area contributed by atoms with Gasteiger partial charge in [-0.25, -0.2) is 9.37 Å². The van der Waals surface area contributed by atoms with Gasteiger partial charge in [-0.1, -0.05) is 0 Å². The highest BCUT2D eigenvalue weighted by Crippen LogP contribution is 2.23. The lowest BCUT2D eigenvalue weighted by molar-refractivity contribution is -0.130. The summed E-state index contributed by atoms with van der Waals surface area (Å²) < 4.78 is 15.9. The van der Waals surface area contributed by atoms with Gasteiger partial charge in [0, 0.05) is 32.1 Å². The lowest BCUT2D eigenvalue weighted by atomic mass is 10.3. The molecule has 2 heterocycles. The second-order valence-electron chi connectivity index (χ2n) is 5.21. The number of hydrogen-bond donors (Lipinski definition) is 1. The second kappa shape index (κ2) is 5.78. The second-order valence-corrected chi connectivity index (χ2v) is 6.38. The van der Waals surface area contributed by atoms with Gasteiger partial charge in [0.2, 0.25) is 11.9 Å². The number of rotatable bonds is 3. The number of likely N-dealkylation sites (tertiary alicyclic amines) is 1. The summed E-state index contributed by atoms with van der Waals surface area (Å²) in [4.78, 5) is 18.2. The monoisotopic (exact) mass is 402 g/mol. The van der Waals surface area contributed by atoms with Gasteiger partial charge in [0.25, 0.3) is 0 Å². The lowest BCUT2D eigenvalue weighted by Crippen LogP contribution is -2.28. The predicted octanol–water partition coefficient (Wildman–Crippen LogP) is 2.37. The number of nitrogens with zero attached hydrogens (tertiary/aromatic N) is 3. The molecule has 0 radical (unpaired) electrons. The Bertz CT molecular complexity index is 694. The summed E-state index contributed by atoms with van der Waals surface area (Å²) in [5.41, 5.74) is 7.19. The predicted molar refractivity (Wildman–Crippen MR) is 87.3 cm³/mol. The van der Waals surface area contributed by atoms with Gasteiger partial charge in [-0.15, -0.1) is 0 Å². The molecular formula is C14H16FIN4O. The summed E-state index contributed by atoms with van der Waals surface area (Å²) >= 11 is 1.93. The van der Waals surface area contributed by atoms with Crippen LogP contribution in [0.25, 0.3) is 11.0 Å². The van der Waals surface area contributed by atoms with Crippen LogP contribution in [0.3, 0.4) is 0 Å². The Morgan fingerprint density at radius 2 is 2.10 bits per heavy atom. The van der Waals surface area contributed by atoms with Crippen LogP contribution in [-0.4, -0.2) is 33.4 Å². The fourth-order valence-corrected chi connectivity index (χ4v) is 3.16. The molecule has 3 rings (SSSR count). The molecule has 0 atom stereocenters. The summed E-state index contributed by atoms with van der Waals surface area (Å²) in [6.45, 7) is 2.11. The van der Waals surface area contributed by atoms with Crippen molar-refractivity contribution in [3.8, 4) is 0 Å². The van der Waals surface area contributed by atoms with Crippen molar-refractivity contribution in [3.05, 3.63) is 21.5 Å². The number of carbonyl (C=O) groups excluding carboxylic acids is 1. The van der Waals surface area contributed by atoms with Gasteiger partial charge in [-0.2, -0.15) is 0 Å². The molecule has 1 aromatic carbocycles. The average Bonchev–Trinajstić information content (AvgIpc) is 3.06. The maximum absolute atomic E-state index is 13.7. The number of aryl methyl sites for hydroxylation is 1. The maximum Gasteiger partial charge on any atom is 0.224 e. The Morgan fingerprint density at radius 1 is 1.38 bits per heavy atom. The average molecular weight is 402 g/mol. The van der Waals surface area contributed by atoms with E-state index in [0.717, 1.165) is 25.9 Å². The molecule has 5 nitrogen and oxygen atoms in total. The van der Waals surface area contributed by atoms with Crippen LogP contribution in [0, 0.1) is 9.39 Å². The number of aromatic nitrogens is 2. The Kier molecular flexibility index (Phi) is 4.01. The van der Waals surface area contributed by atoms with Crippen molar-refractivity contribution in [3.63, 3.8) is 0 Å². The summed E-state index contributed by atoms with van der Waals surface area (Å²) in [6, 6.07) is 3.10. The first-order valence-corrected chi connectivity index (χ1v) is 8.02. The van der Waals surface area contributed by atoms with Gasteiger partial charge in [0.1, 0.15) is 5.82 Å². The van der Waals surface area contributed by atoms with E-state index < -0.39 is 0 Å². The molecule has 7 heteroatoms. The highest BCUT2D eigenvalue weighted by atomic mass is 127. The van der Waals surface area contributed by atoms with Crippen LogP contribution in [0.1, 0.15) is 19.3 Å². The van der Waals surface area contributed by atoms with Crippen molar-refractivity contribution in [1.29, 1.82) is 0 Å². The molecule has 1 aliphatic heterocycles. The quantitative estimate of drug-likeness (QED) is 0.802. The van der Waals surface area contributed by atoms with Crippen molar-refractivity contribution in [2.24, 2.45) is 0 Å². The molecule has 2 aromatic rings. The van der Waals surface area contributed by atoms with Gasteiger partial charge in [0.15, 0.2) is 0 Å². The Morgan fingerprint density at radius 3 is 2.81 bits per heavy atom. The minimum Gasteiger partial charge on any atom is -0.369 e. The number of carbonyl (C=O) groups is 1. The summed E-state index contributed by atoms with van der Waals surface area (Å²) in [5.74, 6) is 0.149. The lowest BCUT2D eigenvalue weighted by Gasteiger charge is -2.15. The minimum absolute atomic E-state index is 0.125. The standard InChI is InChI=1S/C14H16FIN4O/c15-9-7-12-11(8-10(9)16)18-14(17)20(12)6-3-13(21)19-4-1-2-5-19/h7-8H,1-6H2,(H2,17,18). The zero-order valence-electron chi connectivity index (χ0n) is 11.5. The van der Waals surface area contributed by atoms with Crippen molar-refractivity contribution in [2.75, 3.05) is 18.8 Å². The first kappa shape index (κ1) is 14.6. The maximum atomic E-state index is 13.7. The number of amides is 1. The molecule has 0 bridgehead atoms. The fraction of sp³-hybridized carbons (Fsp3) is 0.429. The van der Waals surface area contributed by atoms with E-state index in [1.165, 1.54) is 6.07 Å². The molecule has 1 amide bonds. The molecule has 0 spiro atoms. The van der Waals surface area contributed by atoms with Crippen LogP contribution in [0.4, 0.5) is 10.3 Å². The molecule has 0 unspecified atom stereocenters. The van der Waals surface area contributed by atoms with Gasteiger partial charge >= 0.3 is 0 Å². The van der Waals surface area contributed by atoms with E-state index in [1.807, 2.05) is 27.5 Å². The van der Waals surface area contributed by atoms with Crippen LogP contribution >= 0.6 is 22.6 Å². The number of nitrogens with two attached hydrogens (primary N) is 1. The minimum atomic E-state index is -0.296. The number of hydrogen-bond acceptors (Lipinski definition) is 3. The fourth-order valence-electron chi connectivity index (χ4n) is 2.71. The third-order valence-corrected chi connectivity index (χ3v) is 4.65. The van der Waals surface area contributed by atoms with E-state index in [1.54, 1.807) is 10.6 Å². The van der Waals surface area contributed by atoms with E-state index in [-0.39, 0.29) is 11.7 Å². The zero-order valence-corrected chi connectivity index (χ0v) is 13.6. The van der Waals surface area contributed by atoms with Gasteiger partial charge < -0.3 is 15.2 Å². The third-order valence-electron chi connectivity index (χ3n) is 3.83. The largest absolute Gasteiger partial charge is 0.369 e. The van der Waals surface area contributed by atoms with Crippen LogP contribution in [0.15, 0.2) is 12.1 Å². The molecular weight excluding hydrogens is 386 g/mol. The van der Waals surface area contributed by atoms with Crippen molar-refractivity contribution in [2.45, 2.75) is 25.8 Å². The van der Waals surface area contributed by atoms with E-state index >= 15 is 0 Å². The number of halogens is 2. The normalized spacial score (nSPS) is 15.0. The van der Waals surface area contributed by atoms with Crippen LogP contribution in [0.2, 0.25) is 0 Å². The molecule has 1 fully saturated rings. The molecule has 0 aliphatic carbocycles. The molecule has 2 N–H and O–H groups in total. The number of anilines is 1. The van der Waals surface area contributed by atoms with E-state index in [2.05, 4.69) is 4.98 Å².